The number of piperazine rings is 1. The van der Waals surface area contributed by atoms with E-state index < -0.39 is 0 Å². The standard InChI is InChI=1S/C24H27FN2O/c1-26-14-16-27(17-15-26)13-12-23-22-5-3-2-4-20(22)8-11-24(23)28-18-19-6-9-21(25)10-7-19/h2-11H,12-18H2,1H3. The Bertz CT molecular complexity index is 918. The lowest BCUT2D eigenvalue weighted by Gasteiger charge is -2.32. The number of rotatable bonds is 6. The van der Waals surface area contributed by atoms with Crippen LogP contribution in [0.15, 0.2) is 60.7 Å². The molecule has 0 aliphatic carbocycles. The minimum Gasteiger partial charge on any atom is -0.489 e. The Labute approximate surface area is 166 Å². The maximum absolute atomic E-state index is 13.1. The second kappa shape index (κ2) is 8.72. The van der Waals surface area contributed by atoms with Crippen LogP contribution >= 0.6 is 0 Å². The van der Waals surface area contributed by atoms with E-state index in [0.29, 0.717) is 6.61 Å². The van der Waals surface area contributed by atoms with Crippen molar-refractivity contribution in [3.63, 3.8) is 0 Å². The number of halogens is 1. The maximum atomic E-state index is 13.1. The van der Waals surface area contributed by atoms with Gasteiger partial charge < -0.3 is 14.5 Å². The van der Waals surface area contributed by atoms with Gasteiger partial charge in [-0.2, -0.15) is 0 Å². The SMILES string of the molecule is CN1CCN(CCc2c(OCc3ccc(F)cc3)ccc3ccccc23)CC1. The van der Waals surface area contributed by atoms with Crippen molar-refractivity contribution in [1.82, 2.24) is 9.80 Å². The summed E-state index contributed by atoms with van der Waals surface area (Å²) in [6.45, 7) is 5.97. The number of hydrogen-bond donors (Lipinski definition) is 0. The molecule has 0 spiro atoms. The van der Waals surface area contributed by atoms with Crippen molar-refractivity contribution in [1.29, 1.82) is 0 Å². The fraction of sp³-hybridized carbons (Fsp3) is 0.333. The average Bonchev–Trinajstić information content (AvgIpc) is 2.73. The number of ether oxygens (including phenoxy) is 1. The zero-order chi connectivity index (χ0) is 19.3. The molecule has 0 saturated carbocycles. The smallest absolute Gasteiger partial charge is 0.123 e. The largest absolute Gasteiger partial charge is 0.489 e. The Morgan fingerprint density at radius 1 is 0.893 bits per heavy atom. The molecule has 4 rings (SSSR count). The molecule has 1 fully saturated rings. The predicted molar refractivity (Wildman–Crippen MR) is 112 cm³/mol. The van der Waals surface area contributed by atoms with Gasteiger partial charge in [0.15, 0.2) is 0 Å². The highest BCUT2D eigenvalue weighted by atomic mass is 19.1. The van der Waals surface area contributed by atoms with E-state index in [1.54, 1.807) is 12.1 Å². The Hall–Kier alpha value is -2.43. The topological polar surface area (TPSA) is 15.7 Å². The van der Waals surface area contributed by atoms with Crippen LogP contribution in [-0.4, -0.2) is 49.6 Å². The molecular formula is C24H27FN2O. The Kier molecular flexibility index (Phi) is 5.89. The molecule has 0 radical (unpaired) electrons. The van der Waals surface area contributed by atoms with E-state index in [1.165, 1.54) is 28.5 Å². The first kappa shape index (κ1) is 18.9. The van der Waals surface area contributed by atoms with E-state index in [2.05, 4.69) is 53.2 Å². The monoisotopic (exact) mass is 378 g/mol. The molecule has 0 atom stereocenters. The molecule has 3 aromatic carbocycles. The highest BCUT2D eigenvalue weighted by molar-refractivity contribution is 5.87. The third-order valence-electron chi connectivity index (χ3n) is 5.58. The first-order chi connectivity index (χ1) is 13.7. The normalized spacial score (nSPS) is 15.8. The molecular weight excluding hydrogens is 351 g/mol. The van der Waals surface area contributed by atoms with Crippen LogP contribution in [0.4, 0.5) is 4.39 Å². The van der Waals surface area contributed by atoms with Crippen LogP contribution in [0.2, 0.25) is 0 Å². The number of likely N-dealkylation sites (N-methyl/N-ethyl adjacent to an activating group) is 1. The summed E-state index contributed by atoms with van der Waals surface area (Å²) < 4.78 is 19.3. The van der Waals surface area contributed by atoms with Gasteiger partial charge in [-0.1, -0.05) is 42.5 Å². The summed E-state index contributed by atoms with van der Waals surface area (Å²) in [6, 6.07) is 19.2. The van der Waals surface area contributed by atoms with Gasteiger partial charge in [0.1, 0.15) is 18.2 Å². The van der Waals surface area contributed by atoms with Crippen LogP contribution in [0.25, 0.3) is 10.8 Å². The second-order valence-electron chi connectivity index (χ2n) is 7.57. The van der Waals surface area contributed by atoms with E-state index in [9.17, 15) is 4.39 Å². The molecule has 0 N–H and O–H groups in total. The highest BCUT2D eigenvalue weighted by Gasteiger charge is 2.16. The Morgan fingerprint density at radius 3 is 2.43 bits per heavy atom. The van der Waals surface area contributed by atoms with Gasteiger partial charge in [0.25, 0.3) is 0 Å². The molecule has 1 aliphatic rings. The van der Waals surface area contributed by atoms with E-state index in [0.717, 1.165) is 50.5 Å². The zero-order valence-corrected chi connectivity index (χ0v) is 16.4. The van der Waals surface area contributed by atoms with E-state index in [4.69, 9.17) is 4.74 Å². The summed E-state index contributed by atoms with van der Waals surface area (Å²) in [5, 5.41) is 2.50. The van der Waals surface area contributed by atoms with E-state index >= 15 is 0 Å². The molecule has 0 aromatic heterocycles. The second-order valence-corrected chi connectivity index (χ2v) is 7.57. The summed E-state index contributed by atoms with van der Waals surface area (Å²) in [4.78, 5) is 4.91. The Balaban J connectivity index is 1.53. The van der Waals surface area contributed by atoms with Gasteiger partial charge in [-0.15, -0.1) is 0 Å². The van der Waals surface area contributed by atoms with Crippen molar-refractivity contribution in [2.24, 2.45) is 0 Å². The van der Waals surface area contributed by atoms with Gasteiger partial charge in [-0.3, -0.25) is 0 Å². The zero-order valence-electron chi connectivity index (χ0n) is 16.4. The molecule has 28 heavy (non-hydrogen) atoms. The summed E-state index contributed by atoms with van der Waals surface area (Å²) in [5.74, 6) is 0.708. The minimum atomic E-state index is -0.220. The molecule has 146 valence electrons. The molecule has 1 heterocycles. The molecule has 4 heteroatoms. The molecule has 1 saturated heterocycles. The molecule has 0 amide bonds. The maximum Gasteiger partial charge on any atom is 0.123 e. The molecule has 0 unspecified atom stereocenters. The van der Waals surface area contributed by atoms with Gasteiger partial charge in [0.2, 0.25) is 0 Å². The summed E-state index contributed by atoms with van der Waals surface area (Å²) in [5.41, 5.74) is 2.23. The molecule has 3 nitrogen and oxygen atoms in total. The highest BCUT2D eigenvalue weighted by Crippen LogP contribution is 2.29. The summed E-state index contributed by atoms with van der Waals surface area (Å²) in [6.07, 6.45) is 0.962. The molecule has 0 bridgehead atoms. The van der Waals surface area contributed by atoms with Crippen molar-refractivity contribution in [3.8, 4) is 5.75 Å². The van der Waals surface area contributed by atoms with Crippen molar-refractivity contribution in [2.75, 3.05) is 39.8 Å². The molecule has 1 aliphatic heterocycles. The average molecular weight is 378 g/mol. The molecule has 3 aromatic rings. The van der Waals surface area contributed by atoms with E-state index in [-0.39, 0.29) is 5.82 Å². The third-order valence-corrected chi connectivity index (χ3v) is 5.58. The quantitative estimate of drug-likeness (QED) is 0.634. The van der Waals surface area contributed by atoms with Crippen LogP contribution in [0.1, 0.15) is 11.1 Å². The van der Waals surface area contributed by atoms with Gasteiger partial charge >= 0.3 is 0 Å². The Morgan fingerprint density at radius 2 is 1.64 bits per heavy atom. The van der Waals surface area contributed by atoms with Crippen molar-refractivity contribution in [3.05, 3.63) is 77.6 Å². The third kappa shape index (κ3) is 4.51. The fourth-order valence-corrected chi connectivity index (χ4v) is 3.79. The van der Waals surface area contributed by atoms with Crippen molar-refractivity contribution >= 4 is 10.8 Å². The lowest BCUT2D eigenvalue weighted by atomic mass is 10.0. The van der Waals surface area contributed by atoms with Crippen LogP contribution in [-0.2, 0) is 13.0 Å². The van der Waals surface area contributed by atoms with Crippen LogP contribution in [0.3, 0.4) is 0 Å². The van der Waals surface area contributed by atoms with E-state index in [1.807, 2.05) is 0 Å². The van der Waals surface area contributed by atoms with Gasteiger partial charge in [-0.25, -0.2) is 4.39 Å². The number of nitrogens with zero attached hydrogens (tertiary/aromatic N) is 2. The lowest BCUT2D eigenvalue weighted by Crippen LogP contribution is -2.45. The van der Waals surface area contributed by atoms with Crippen LogP contribution in [0, 0.1) is 5.82 Å². The van der Waals surface area contributed by atoms with Gasteiger partial charge in [0.05, 0.1) is 0 Å². The number of fused-ring (bicyclic) bond motifs is 1. The van der Waals surface area contributed by atoms with Gasteiger partial charge in [0, 0.05) is 38.3 Å². The first-order valence-corrected chi connectivity index (χ1v) is 9.98. The van der Waals surface area contributed by atoms with Crippen LogP contribution in [0.5, 0.6) is 5.75 Å². The summed E-state index contributed by atoms with van der Waals surface area (Å²) in [7, 11) is 2.18. The van der Waals surface area contributed by atoms with Gasteiger partial charge in [-0.05, 0) is 48.0 Å². The van der Waals surface area contributed by atoms with Crippen molar-refractivity contribution < 1.29 is 9.13 Å². The number of benzene rings is 3. The first-order valence-electron chi connectivity index (χ1n) is 9.98. The summed E-state index contributed by atoms with van der Waals surface area (Å²) >= 11 is 0. The van der Waals surface area contributed by atoms with Crippen LogP contribution < -0.4 is 4.74 Å². The van der Waals surface area contributed by atoms with Crippen molar-refractivity contribution in [2.45, 2.75) is 13.0 Å². The predicted octanol–water partition coefficient (Wildman–Crippen LogP) is 4.35. The fourth-order valence-electron chi connectivity index (χ4n) is 3.79. The lowest BCUT2D eigenvalue weighted by molar-refractivity contribution is 0.155. The minimum absolute atomic E-state index is 0.220. The number of hydrogen-bond acceptors (Lipinski definition) is 3.